The second-order valence-electron chi connectivity index (χ2n) is 5.13. The number of rotatable bonds is 5. The Morgan fingerprint density at radius 3 is 2.83 bits per heavy atom. The highest BCUT2D eigenvalue weighted by Gasteiger charge is 2.46. The number of phosphoric ester groups is 1. The van der Waals surface area contributed by atoms with E-state index in [-0.39, 0.29) is 5.82 Å². The lowest BCUT2D eigenvalue weighted by Crippen LogP contribution is -2.35. The van der Waals surface area contributed by atoms with E-state index in [0.29, 0.717) is 11.2 Å². The van der Waals surface area contributed by atoms with Crippen molar-refractivity contribution in [2.75, 3.05) is 19.5 Å². The molecule has 3 heterocycles. The standard InChI is InChI=1S/C11H16N5O7P/c1-21-8-7(17)5(2-22-24(18,19)20)23-11(8)16-4-15-6-9(12)13-3-14-10(6)16/h3-5,7-8,11,17H,2H2,1H3,(H2,12,13,14)(H2,18,19,20)/t5-,7?,8?,11-/m1/s1. The summed E-state index contributed by atoms with van der Waals surface area (Å²) in [7, 11) is -3.31. The Hall–Kier alpha value is -1.66. The first kappa shape index (κ1) is 17.2. The normalized spacial score (nSPS) is 27.8. The monoisotopic (exact) mass is 361 g/mol. The molecule has 0 saturated carbocycles. The van der Waals surface area contributed by atoms with Crippen molar-refractivity contribution in [3.8, 4) is 0 Å². The zero-order valence-electron chi connectivity index (χ0n) is 12.5. The van der Waals surface area contributed by atoms with Gasteiger partial charge in [0, 0.05) is 7.11 Å². The van der Waals surface area contributed by atoms with Gasteiger partial charge in [-0.1, -0.05) is 0 Å². The van der Waals surface area contributed by atoms with Crippen LogP contribution in [-0.2, 0) is 18.6 Å². The van der Waals surface area contributed by atoms with Crippen LogP contribution in [0.2, 0.25) is 0 Å². The van der Waals surface area contributed by atoms with Crippen LogP contribution < -0.4 is 5.73 Å². The number of aliphatic hydroxyl groups is 1. The van der Waals surface area contributed by atoms with E-state index in [1.54, 1.807) is 0 Å². The molecule has 132 valence electrons. The van der Waals surface area contributed by atoms with Gasteiger partial charge in [-0.15, -0.1) is 0 Å². The fourth-order valence-corrected chi connectivity index (χ4v) is 2.90. The van der Waals surface area contributed by atoms with E-state index in [0.717, 1.165) is 0 Å². The molecule has 5 N–H and O–H groups in total. The van der Waals surface area contributed by atoms with Crippen LogP contribution in [0.4, 0.5) is 5.82 Å². The minimum atomic E-state index is -4.69. The molecule has 2 aromatic rings. The van der Waals surface area contributed by atoms with Crippen molar-refractivity contribution >= 4 is 24.8 Å². The van der Waals surface area contributed by atoms with E-state index in [2.05, 4.69) is 19.5 Å². The van der Waals surface area contributed by atoms with Crippen LogP contribution in [0.5, 0.6) is 0 Å². The number of hydrogen-bond donors (Lipinski definition) is 4. The van der Waals surface area contributed by atoms with Crippen molar-refractivity contribution in [3.05, 3.63) is 12.7 Å². The third-order valence-electron chi connectivity index (χ3n) is 3.65. The van der Waals surface area contributed by atoms with Gasteiger partial charge < -0.3 is 30.1 Å². The van der Waals surface area contributed by atoms with Gasteiger partial charge in [-0.3, -0.25) is 9.09 Å². The number of aromatic nitrogens is 4. The largest absolute Gasteiger partial charge is 0.469 e. The predicted molar refractivity (Wildman–Crippen MR) is 78.4 cm³/mol. The topological polar surface area (TPSA) is 175 Å². The van der Waals surface area contributed by atoms with Crippen molar-refractivity contribution in [1.29, 1.82) is 0 Å². The molecule has 0 spiro atoms. The lowest BCUT2D eigenvalue weighted by atomic mass is 10.1. The molecule has 12 nitrogen and oxygen atoms in total. The minimum absolute atomic E-state index is 0.188. The highest BCUT2D eigenvalue weighted by Crippen LogP contribution is 2.39. The maximum absolute atomic E-state index is 10.8. The molecule has 0 bridgehead atoms. The van der Waals surface area contributed by atoms with Crippen LogP contribution in [0.1, 0.15) is 6.23 Å². The maximum Gasteiger partial charge on any atom is 0.469 e. The summed E-state index contributed by atoms with van der Waals surface area (Å²) in [4.78, 5) is 29.6. The number of nitrogen functional groups attached to an aromatic ring is 1. The number of aliphatic hydroxyl groups excluding tert-OH is 1. The molecule has 2 aromatic heterocycles. The number of nitrogens with two attached hydrogens (primary N) is 1. The number of nitrogens with zero attached hydrogens (tertiary/aromatic N) is 4. The number of ether oxygens (including phenoxy) is 2. The second-order valence-corrected chi connectivity index (χ2v) is 6.36. The summed E-state index contributed by atoms with van der Waals surface area (Å²) in [5.74, 6) is 0.188. The average molecular weight is 361 g/mol. The molecular weight excluding hydrogens is 345 g/mol. The number of hydrogen-bond acceptors (Lipinski definition) is 9. The summed E-state index contributed by atoms with van der Waals surface area (Å²) in [5, 5.41) is 10.3. The zero-order valence-corrected chi connectivity index (χ0v) is 13.4. The number of methoxy groups -OCH3 is 1. The van der Waals surface area contributed by atoms with Crippen molar-refractivity contribution in [2.24, 2.45) is 0 Å². The lowest BCUT2D eigenvalue weighted by molar-refractivity contribution is -0.0578. The van der Waals surface area contributed by atoms with Crippen molar-refractivity contribution in [2.45, 2.75) is 24.5 Å². The van der Waals surface area contributed by atoms with Gasteiger partial charge in [-0.2, -0.15) is 0 Å². The van der Waals surface area contributed by atoms with Crippen LogP contribution in [-0.4, -0.2) is 66.4 Å². The Morgan fingerprint density at radius 2 is 2.17 bits per heavy atom. The fraction of sp³-hybridized carbons (Fsp3) is 0.545. The van der Waals surface area contributed by atoms with Gasteiger partial charge in [-0.25, -0.2) is 19.5 Å². The van der Waals surface area contributed by atoms with Crippen molar-refractivity contribution in [1.82, 2.24) is 19.5 Å². The Balaban J connectivity index is 1.89. The highest BCUT2D eigenvalue weighted by atomic mass is 31.2. The molecule has 1 fully saturated rings. The zero-order chi connectivity index (χ0) is 17.5. The van der Waals surface area contributed by atoms with Crippen LogP contribution in [0, 0.1) is 0 Å². The molecule has 0 aliphatic carbocycles. The smallest absolute Gasteiger partial charge is 0.387 e. The summed E-state index contributed by atoms with van der Waals surface area (Å²) >= 11 is 0. The van der Waals surface area contributed by atoms with Gasteiger partial charge in [0.1, 0.15) is 30.2 Å². The van der Waals surface area contributed by atoms with Gasteiger partial charge in [0.25, 0.3) is 0 Å². The van der Waals surface area contributed by atoms with E-state index in [1.807, 2.05) is 0 Å². The fourth-order valence-electron chi connectivity index (χ4n) is 2.56. The van der Waals surface area contributed by atoms with Crippen LogP contribution >= 0.6 is 7.82 Å². The van der Waals surface area contributed by atoms with E-state index in [9.17, 15) is 9.67 Å². The number of phosphoric acid groups is 1. The van der Waals surface area contributed by atoms with Crippen LogP contribution in [0.15, 0.2) is 12.7 Å². The van der Waals surface area contributed by atoms with Crippen LogP contribution in [0.25, 0.3) is 11.2 Å². The van der Waals surface area contributed by atoms with Gasteiger partial charge in [0.2, 0.25) is 0 Å². The summed E-state index contributed by atoms with van der Waals surface area (Å²) < 4.78 is 27.6. The molecule has 0 amide bonds. The molecule has 24 heavy (non-hydrogen) atoms. The summed E-state index contributed by atoms with van der Waals surface area (Å²) in [5.41, 5.74) is 6.47. The molecule has 0 aromatic carbocycles. The Bertz CT molecular complexity index is 779. The van der Waals surface area contributed by atoms with Gasteiger partial charge in [0.05, 0.1) is 12.9 Å². The first-order valence-corrected chi connectivity index (χ1v) is 8.34. The third kappa shape index (κ3) is 3.13. The molecule has 0 radical (unpaired) electrons. The van der Waals surface area contributed by atoms with Crippen molar-refractivity contribution in [3.63, 3.8) is 0 Å². The third-order valence-corrected chi connectivity index (χ3v) is 4.14. The summed E-state index contributed by atoms with van der Waals surface area (Å²) in [6, 6.07) is 0. The second kappa shape index (κ2) is 6.33. The minimum Gasteiger partial charge on any atom is -0.387 e. The number of anilines is 1. The van der Waals surface area contributed by atoms with Crippen molar-refractivity contribution < 1.29 is 33.5 Å². The van der Waals surface area contributed by atoms with Gasteiger partial charge in [-0.05, 0) is 0 Å². The summed E-state index contributed by atoms with van der Waals surface area (Å²) in [6.45, 7) is -0.508. The van der Waals surface area contributed by atoms with E-state index in [1.165, 1.54) is 24.3 Å². The molecule has 1 saturated heterocycles. The van der Waals surface area contributed by atoms with E-state index in [4.69, 9.17) is 25.0 Å². The number of imidazole rings is 1. The van der Waals surface area contributed by atoms with Crippen LogP contribution in [0.3, 0.4) is 0 Å². The first-order chi connectivity index (χ1) is 11.3. The Morgan fingerprint density at radius 1 is 1.42 bits per heavy atom. The number of fused-ring (bicyclic) bond motifs is 1. The molecule has 2 unspecified atom stereocenters. The predicted octanol–water partition coefficient (Wildman–Crippen LogP) is -1.21. The molecule has 3 rings (SSSR count). The quantitative estimate of drug-likeness (QED) is 0.470. The summed E-state index contributed by atoms with van der Waals surface area (Å²) in [6.07, 6.45) is -1.19. The molecule has 13 heteroatoms. The SMILES string of the molecule is COC1C(O)[C@@H](COP(=O)(O)O)O[C@H]1n1cnc2c(N)ncnc21. The van der Waals surface area contributed by atoms with Gasteiger partial charge in [0.15, 0.2) is 17.7 Å². The molecule has 1 aliphatic heterocycles. The Kier molecular flexibility index (Phi) is 4.53. The Labute approximate surface area is 135 Å². The molecule has 1 aliphatic rings. The average Bonchev–Trinajstić information content (AvgIpc) is 3.06. The lowest BCUT2D eigenvalue weighted by Gasteiger charge is -2.19. The first-order valence-electron chi connectivity index (χ1n) is 6.81. The molecule has 4 atom stereocenters. The van der Waals surface area contributed by atoms with E-state index >= 15 is 0 Å². The van der Waals surface area contributed by atoms with E-state index < -0.39 is 39.0 Å². The van der Waals surface area contributed by atoms with Gasteiger partial charge >= 0.3 is 7.82 Å². The molecular formula is C11H16N5O7P. The highest BCUT2D eigenvalue weighted by molar-refractivity contribution is 7.46. The maximum atomic E-state index is 10.8.